The molecule has 54 heavy (non-hydrogen) atoms. The summed E-state index contributed by atoms with van der Waals surface area (Å²) in [7, 11) is 3.02. The highest BCUT2D eigenvalue weighted by Crippen LogP contribution is 2.25. The van der Waals surface area contributed by atoms with Gasteiger partial charge in [0.05, 0.1) is 19.1 Å². The molecule has 1 aliphatic heterocycles. The van der Waals surface area contributed by atoms with Crippen LogP contribution in [-0.4, -0.2) is 122 Å². The van der Waals surface area contributed by atoms with Gasteiger partial charge in [0, 0.05) is 81.4 Å². The second-order valence-electron chi connectivity index (χ2n) is 14.0. The molecule has 0 unspecified atom stereocenters. The molecular weight excluding hydrogens is 713 g/mol. The average molecular weight is 761 g/mol. The Morgan fingerprint density at radius 3 is 2.43 bits per heavy atom. The van der Waals surface area contributed by atoms with Gasteiger partial charge in [0.2, 0.25) is 29.5 Å². The third-order valence-electron chi connectivity index (χ3n) is 9.18. The lowest BCUT2D eigenvalue weighted by molar-refractivity contribution is -0.139. The standard InChI is InChI=1S/C37H48N10O6S/c1-23(2)17-28-35-43-30(22-54-35)34(51)42-29(18-25-19-38-27-10-7-6-9-26(25)27)37(53)45(5)20-31(48)40-24(3)36(52)44(4)15-16-46(21-32(49)41-28)33(50)11-14-47-13-8-12-39-47/h6-10,12-13,19,22-24,28-29,38H,11,14-18,20-21H2,1-5H3,(H,40,48)(H,41,49)(H,42,51)/t24-,28-,29+/m0/s1. The van der Waals surface area contributed by atoms with Gasteiger partial charge in [-0.2, -0.15) is 5.10 Å². The zero-order valence-corrected chi connectivity index (χ0v) is 32.0. The number of aryl methyl sites for hydroxylation is 1. The van der Waals surface area contributed by atoms with Crippen LogP contribution in [0.25, 0.3) is 10.9 Å². The maximum absolute atomic E-state index is 13.9. The minimum Gasteiger partial charge on any atom is -0.361 e. The molecule has 6 amide bonds. The summed E-state index contributed by atoms with van der Waals surface area (Å²) in [4.78, 5) is 93.0. The molecule has 16 nitrogen and oxygen atoms in total. The van der Waals surface area contributed by atoms with Crippen molar-refractivity contribution in [3.05, 3.63) is 70.6 Å². The molecule has 0 saturated heterocycles. The summed E-state index contributed by atoms with van der Waals surface area (Å²) in [6.45, 7) is 5.35. The van der Waals surface area contributed by atoms with Gasteiger partial charge >= 0.3 is 0 Å². The van der Waals surface area contributed by atoms with Crippen LogP contribution in [0.3, 0.4) is 0 Å². The molecule has 4 heterocycles. The van der Waals surface area contributed by atoms with E-state index in [4.69, 9.17) is 0 Å². The molecule has 3 aromatic heterocycles. The number of rotatable bonds is 7. The van der Waals surface area contributed by atoms with Crippen LogP contribution in [0.4, 0.5) is 0 Å². The van der Waals surface area contributed by atoms with Crippen LogP contribution in [0.2, 0.25) is 0 Å². The van der Waals surface area contributed by atoms with Gasteiger partial charge in [0.1, 0.15) is 22.8 Å². The highest BCUT2D eigenvalue weighted by molar-refractivity contribution is 7.09. The number of nitrogens with zero attached hydrogens (tertiary/aromatic N) is 6. The van der Waals surface area contributed by atoms with Crippen LogP contribution in [0, 0.1) is 5.92 Å². The van der Waals surface area contributed by atoms with Crippen molar-refractivity contribution in [3.63, 3.8) is 0 Å². The van der Waals surface area contributed by atoms with Gasteiger partial charge < -0.3 is 35.6 Å². The fraction of sp³-hybridized carbons (Fsp3) is 0.459. The highest BCUT2D eigenvalue weighted by atomic mass is 32.1. The van der Waals surface area contributed by atoms with Crippen LogP contribution in [0.15, 0.2) is 54.3 Å². The molecule has 5 rings (SSSR count). The van der Waals surface area contributed by atoms with Gasteiger partial charge in [0.15, 0.2) is 0 Å². The third-order valence-corrected chi connectivity index (χ3v) is 10.1. The first-order valence-electron chi connectivity index (χ1n) is 17.9. The Morgan fingerprint density at radius 2 is 1.69 bits per heavy atom. The normalized spacial score (nSPS) is 20.1. The van der Waals surface area contributed by atoms with E-state index >= 15 is 0 Å². The van der Waals surface area contributed by atoms with Crippen molar-refractivity contribution in [3.8, 4) is 0 Å². The lowest BCUT2D eigenvalue weighted by Gasteiger charge is -2.28. The van der Waals surface area contributed by atoms with Crippen molar-refractivity contribution >= 4 is 57.7 Å². The number of amides is 6. The van der Waals surface area contributed by atoms with Crippen LogP contribution in [0.1, 0.15) is 60.7 Å². The first-order valence-corrected chi connectivity index (χ1v) is 18.8. The highest BCUT2D eigenvalue weighted by Gasteiger charge is 2.30. The Bertz CT molecular complexity index is 1960. The molecule has 0 radical (unpaired) electrons. The first kappa shape index (κ1) is 39.6. The number of aromatic nitrogens is 4. The van der Waals surface area contributed by atoms with Crippen molar-refractivity contribution in [2.45, 2.75) is 64.7 Å². The van der Waals surface area contributed by atoms with Crippen molar-refractivity contribution < 1.29 is 28.8 Å². The summed E-state index contributed by atoms with van der Waals surface area (Å²) in [6, 6.07) is 6.77. The lowest BCUT2D eigenvalue weighted by atomic mass is 10.0. The van der Waals surface area contributed by atoms with E-state index in [1.165, 1.54) is 40.0 Å². The molecule has 1 aromatic carbocycles. The molecule has 0 spiro atoms. The fourth-order valence-electron chi connectivity index (χ4n) is 6.32. The average Bonchev–Trinajstić information content (AvgIpc) is 3.92. The number of likely N-dealkylation sites (N-methyl/N-ethyl adjacent to an activating group) is 2. The zero-order chi connectivity index (χ0) is 38.9. The Morgan fingerprint density at radius 1 is 0.926 bits per heavy atom. The molecule has 4 aromatic rings. The third kappa shape index (κ3) is 10.3. The van der Waals surface area contributed by atoms with Crippen LogP contribution in [-0.2, 0) is 36.9 Å². The number of benzene rings is 1. The topological polar surface area (TPSA) is 195 Å². The summed E-state index contributed by atoms with van der Waals surface area (Å²) in [5, 5.41) is 15.6. The molecule has 0 saturated carbocycles. The van der Waals surface area contributed by atoms with Gasteiger partial charge in [0.25, 0.3) is 5.91 Å². The molecular formula is C37H48N10O6S. The molecule has 0 fully saturated rings. The van der Waals surface area contributed by atoms with Crippen molar-refractivity contribution in [1.82, 2.24) is 50.4 Å². The van der Waals surface area contributed by atoms with E-state index in [1.54, 1.807) is 41.8 Å². The van der Waals surface area contributed by atoms with E-state index in [0.717, 1.165) is 16.5 Å². The van der Waals surface area contributed by atoms with Crippen molar-refractivity contribution in [2.75, 3.05) is 40.3 Å². The predicted molar refractivity (Wildman–Crippen MR) is 202 cm³/mol. The Hall–Kier alpha value is -5.58. The van der Waals surface area contributed by atoms with Crippen molar-refractivity contribution in [1.29, 1.82) is 0 Å². The number of hydrogen-bond donors (Lipinski definition) is 4. The quantitative estimate of drug-likeness (QED) is 0.219. The molecule has 288 valence electrons. The smallest absolute Gasteiger partial charge is 0.271 e. The molecule has 3 atom stereocenters. The minimum absolute atomic E-state index is 0.0553. The second-order valence-corrected chi connectivity index (χ2v) is 14.9. The number of thiazole rings is 1. The number of carbonyl (C=O) groups is 6. The van der Waals surface area contributed by atoms with Gasteiger partial charge in [-0.3, -0.25) is 33.4 Å². The van der Waals surface area contributed by atoms with E-state index in [9.17, 15) is 28.8 Å². The van der Waals surface area contributed by atoms with Crippen LogP contribution >= 0.6 is 11.3 Å². The Balaban J connectivity index is 1.43. The monoisotopic (exact) mass is 760 g/mol. The van der Waals surface area contributed by atoms with Gasteiger partial charge in [-0.1, -0.05) is 32.0 Å². The summed E-state index contributed by atoms with van der Waals surface area (Å²) in [5.74, 6) is -2.68. The summed E-state index contributed by atoms with van der Waals surface area (Å²) in [5.41, 5.74) is 1.74. The maximum Gasteiger partial charge on any atom is 0.271 e. The summed E-state index contributed by atoms with van der Waals surface area (Å²) in [6.07, 6.45) is 5.85. The van der Waals surface area contributed by atoms with E-state index in [-0.39, 0.29) is 56.5 Å². The minimum atomic E-state index is -1.07. The predicted octanol–water partition coefficient (Wildman–Crippen LogP) is 1.72. The van der Waals surface area contributed by atoms with E-state index in [0.29, 0.717) is 18.0 Å². The molecule has 0 aliphatic carbocycles. The van der Waals surface area contributed by atoms with E-state index in [2.05, 4.69) is 31.0 Å². The SMILES string of the molecule is CC(C)C[C@@H]1NC(=O)CN(C(=O)CCn2cccn2)CCN(C)C(=O)[C@H](C)NC(=O)CN(C)C(=O)[C@@H](Cc2c[nH]c3ccccc23)NC(=O)c2csc1n2. The number of hydrogen-bond acceptors (Lipinski definition) is 9. The molecule has 17 heteroatoms. The van der Waals surface area contributed by atoms with Crippen molar-refractivity contribution in [2.24, 2.45) is 5.92 Å². The number of para-hydroxylation sites is 1. The number of aromatic amines is 1. The largest absolute Gasteiger partial charge is 0.361 e. The zero-order valence-electron chi connectivity index (χ0n) is 31.2. The first-order chi connectivity index (χ1) is 25.8. The number of H-pyrrole nitrogens is 1. The van der Waals surface area contributed by atoms with E-state index < -0.39 is 47.7 Å². The molecule has 1 aliphatic rings. The summed E-state index contributed by atoms with van der Waals surface area (Å²) < 4.78 is 1.62. The van der Waals surface area contributed by atoms with Gasteiger partial charge in [-0.15, -0.1) is 11.3 Å². The number of nitrogens with one attached hydrogen (secondary N) is 4. The Labute approximate surface area is 317 Å². The van der Waals surface area contributed by atoms with Gasteiger partial charge in [-0.25, -0.2) is 4.98 Å². The fourth-order valence-corrected chi connectivity index (χ4v) is 7.19. The van der Waals surface area contributed by atoms with Crippen LogP contribution < -0.4 is 16.0 Å². The van der Waals surface area contributed by atoms with Gasteiger partial charge in [-0.05, 0) is 37.0 Å². The molecule has 2 bridgehead atoms. The lowest BCUT2D eigenvalue weighted by Crippen LogP contribution is -2.53. The van der Waals surface area contributed by atoms with Crippen LogP contribution in [0.5, 0.6) is 0 Å². The Kier molecular flexibility index (Phi) is 13.2. The number of fused-ring (bicyclic) bond motifs is 3. The maximum atomic E-state index is 13.9. The molecule has 4 N–H and O–H groups in total. The summed E-state index contributed by atoms with van der Waals surface area (Å²) >= 11 is 1.21. The number of carbonyl (C=O) groups excluding carboxylic acids is 6. The van der Waals surface area contributed by atoms with E-state index in [1.807, 2.05) is 38.1 Å². The second kappa shape index (κ2) is 18.0.